The minimum atomic E-state index is -0.186. The zero-order chi connectivity index (χ0) is 17.8. The average molecular weight is 355 g/mol. The third-order valence-electron chi connectivity index (χ3n) is 5.18. The Morgan fingerprint density at radius 3 is 2.81 bits per heavy atom. The summed E-state index contributed by atoms with van der Waals surface area (Å²) >= 11 is 0. The summed E-state index contributed by atoms with van der Waals surface area (Å²) in [4.78, 5) is 26.0. The Labute approximate surface area is 153 Å². The van der Waals surface area contributed by atoms with Crippen LogP contribution in [-0.2, 0) is 11.3 Å². The monoisotopic (exact) mass is 355 g/mol. The van der Waals surface area contributed by atoms with Gasteiger partial charge >= 0.3 is 0 Å². The van der Waals surface area contributed by atoms with Crippen LogP contribution in [0, 0.1) is 0 Å². The van der Waals surface area contributed by atoms with Crippen LogP contribution in [-0.4, -0.2) is 41.6 Å². The van der Waals surface area contributed by atoms with E-state index >= 15 is 0 Å². The number of rotatable bonds is 5. The van der Waals surface area contributed by atoms with Crippen LogP contribution in [0.1, 0.15) is 37.9 Å². The van der Waals surface area contributed by atoms with E-state index in [0.29, 0.717) is 6.54 Å². The maximum Gasteiger partial charge on any atom is 0.243 e. The van der Waals surface area contributed by atoms with Gasteiger partial charge in [-0.1, -0.05) is 0 Å². The molecule has 26 heavy (non-hydrogen) atoms. The summed E-state index contributed by atoms with van der Waals surface area (Å²) in [6, 6.07) is 5.53. The molecule has 4 heterocycles. The number of nitrogens with one attached hydrogen (secondary N) is 1. The van der Waals surface area contributed by atoms with Crippen molar-refractivity contribution >= 4 is 17.5 Å². The first-order valence-electron chi connectivity index (χ1n) is 9.45. The number of carbonyl (C=O) groups is 1. The lowest BCUT2D eigenvalue weighted by molar-refractivity contribution is -0.122. The smallest absolute Gasteiger partial charge is 0.243 e. The van der Waals surface area contributed by atoms with E-state index < -0.39 is 0 Å². The van der Waals surface area contributed by atoms with Gasteiger partial charge in [-0.05, 0) is 44.2 Å². The van der Waals surface area contributed by atoms with Gasteiger partial charge in [0.15, 0.2) is 0 Å². The second kappa shape index (κ2) is 7.76. The Kier molecular flexibility index (Phi) is 5.04. The number of hydrogen-bond acceptors (Lipinski definition) is 6. The molecule has 4 rings (SSSR count). The van der Waals surface area contributed by atoms with Crippen molar-refractivity contribution in [3.8, 4) is 0 Å². The molecule has 2 aromatic heterocycles. The number of aromatic nitrogens is 2. The Morgan fingerprint density at radius 2 is 2.00 bits per heavy atom. The van der Waals surface area contributed by atoms with E-state index in [0.717, 1.165) is 49.9 Å². The molecule has 2 fully saturated rings. The van der Waals surface area contributed by atoms with Gasteiger partial charge in [0, 0.05) is 25.7 Å². The van der Waals surface area contributed by atoms with E-state index in [2.05, 4.69) is 25.1 Å². The van der Waals surface area contributed by atoms with E-state index in [9.17, 15) is 4.79 Å². The van der Waals surface area contributed by atoms with Crippen molar-refractivity contribution in [2.24, 2.45) is 0 Å². The Bertz CT molecular complexity index is 727. The number of carbonyl (C=O) groups excluding carboxylic acids is 1. The molecule has 1 unspecified atom stereocenters. The molecule has 1 amide bonds. The van der Waals surface area contributed by atoms with E-state index in [1.54, 1.807) is 12.6 Å². The highest BCUT2D eigenvalue weighted by Gasteiger charge is 2.32. The van der Waals surface area contributed by atoms with E-state index in [1.165, 1.54) is 19.3 Å². The number of hydrogen-bond donors (Lipinski definition) is 1. The molecule has 2 aromatic rings. The fourth-order valence-electron chi connectivity index (χ4n) is 3.81. The summed E-state index contributed by atoms with van der Waals surface area (Å²) in [5.74, 6) is 2.60. The predicted molar refractivity (Wildman–Crippen MR) is 99.0 cm³/mol. The van der Waals surface area contributed by atoms with Crippen LogP contribution in [0.2, 0.25) is 0 Å². The van der Waals surface area contributed by atoms with Gasteiger partial charge in [-0.25, -0.2) is 9.97 Å². The quantitative estimate of drug-likeness (QED) is 0.887. The van der Waals surface area contributed by atoms with Crippen LogP contribution >= 0.6 is 0 Å². The van der Waals surface area contributed by atoms with Gasteiger partial charge in [-0.3, -0.25) is 4.79 Å². The summed E-state index contributed by atoms with van der Waals surface area (Å²) < 4.78 is 5.29. The molecule has 0 aromatic carbocycles. The maximum atomic E-state index is 12.7. The zero-order valence-electron chi connectivity index (χ0n) is 14.9. The van der Waals surface area contributed by atoms with Crippen molar-refractivity contribution in [1.82, 2.24) is 15.3 Å². The van der Waals surface area contributed by atoms with Crippen LogP contribution in [0.15, 0.2) is 35.2 Å². The lowest BCUT2D eigenvalue weighted by atomic mass is 10.1. The summed E-state index contributed by atoms with van der Waals surface area (Å²) in [6.07, 6.45) is 8.77. The van der Waals surface area contributed by atoms with E-state index in [4.69, 9.17) is 4.42 Å². The summed E-state index contributed by atoms with van der Waals surface area (Å²) in [5, 5.41) is 2.98. The van der Waals surface area contributed by atoms with Crippen molar-refractivity contribution in [2.75, 3.05) is 29.4 Å². The van der Waals surface area contributed by atoms with Crippen LogP contribution in [0.3, 0.4) is 0 Å². The molecule has 1 N–H and O–H groups in total. The molecule has 7 heteroatoms. The van der Waals surface area contributed by atoms with Crippen molar-refractivity contribution in [3.63, 3.8) is 0 Å². The largest absolute Gasteiger partial charge is 0.467 e. The topological polar surface area (TPSA) is 74.5 Å². The van der Waals surface area contributed by atoms with Crippen LogP contribution in [0.25, 0.3) is 0 Å². The summed E-state index contributed by atoms with van der Waals surface area (Å²) in [5.41, 5.74) is 0. The fraction of sp³-hybridized carbons (Fsp3) is 0.526. The molecule has 0 saturated carbocycles. The van der Waals surface area contributed by atoms with Gasteiger partial charge in [-0.2, -0.15) is 0 Å². The average Bonchev–Trinajstić information content (AvgIpc) is 3.39. The normalized spacial score (nSPS) is 20.4. The van der Waals surface area contributed by atoms with E-state index in [-0.39, 0.29) is 11.9 Å². The highest BCUT2D eigenvalue weighted by atomic mass is 16.3. The number of anilines is 2. The molecule has 2 aliphatic heterocycles. The Balaban J connectivity index is 1.44. The molecule has 0 aliphatic carbocycles. The van der Waals surface area contributed by atoms with E-state index in [1.807, 2.05) is 18.2 Å². The van der Waals surface area contributed by atoms with Gasteiger partial charge in [-0.15, -0.1) is 0 Å². The van der Waals surface area contributed by atoms with Crippen molar-refractivity contribution in [1.29, 1.82) is 0 Å². The molecule has 0 spiro atoms. The number of piperidine rings is 1. The first kappa shape index (κ1) is 16.9. The van der Waals surface area contributed by atoms with Crippen LogP contribution in [0.4, 0.5) is 11.6 Å². The van der Waals surface area contributed by atoms with Gasteiger partial charge in [0.1, 0.15) is 29.8 Å². The molecule has 1 atom stereocenters. The molecular weight excluding hydrogens is 330 g/mol. The van der Waals surface area contributed by atoms with Gasteiger partial charge in [0.2, 0.25) is 5.91 Å². The molecule has 7 nitrogen and oxygen atoms in total. The Hall–Kier alpha value is -2.57. The van der Waals surface area contributed by atoms with Crippen LogP contribution < -0.4 is 15.1 Å². The molecule has 2 aliphatic rings. The Morgan fingerprint density at radius 1 is 1.15 bits per heavy atom. The minimum absolute atomic E-state index is 0.0250. The van der Waals surface area contributed by atoms with Gasteiger partial charge in [0.25, 0.3) is 0 Å². The summed E-state index contributed by atoms with van der Waals surface area (Å²) in [7, 11) is 0. The third-order valence-corrected chi connectivity index (χ3v) is 5.18. The predicted octanol–water partition coefficient (Wildman–Crippen LogP) is 2.35. The van der Waals surface area contributed by atoms with Crippen molar-refractivity contribution in [2.45, 2.75) is 44.7 Å². The molecular formula is C19H25N5O2. The first-order chi connectivity index (χ1) is 12.8. The number of furan rings is 1. The molecule has 0 bridgehead atoms. The minimum Gasteiger partial charge on any atom is -0.467 e. The van der Waals surface area contributed by atoms with Crippen LogP contribution in [0.5, 0.6) is 0 Å². The summed E-state index contributed by atoms with van der Waals surface area (Å²) in [6.45, 7) is 3.35. The highest BCUT2D eigenvalue weighted by molar-refractivity contribution is 5.85. The van der Waals surface area contributed by atoms with Gasteiger partial charge in [0.05, 0.1) is 12.8 Å². The first-order valence-corrected chi connectivity index (χ1v) is 9.45. The SMILES string of the molecule is O=C(NCc1ccco1)C1CCCN1c1cc(N2CCCCC2)ncn1. The molecule has 0 radical (unpaired) electrons. The standard InChI is InChI=1S/C19H25N5O2/c25-19(20-13-15-6-5-11-26-15)16-7-4-10-24(16)18-12-17(21-14-22-18)23-8-2-1-3-9-23/h5-6,11-12,14,16H,1-4,7-10,13H2,(H,20,25). The lowest BCUT2D eigenvalue weighted by Crippen LogP contribution is -2.43. The lowest BCUT2D eigenvalue weighted by Gasteiger charge is -2.29. The van der Waals surface area contributed by atoms with Crippen molar-refractivity contribution < 1.29 is 9.21 Å². The maximum absolute atomic E-state index is 12.7. The van der Waals surface area contributed by atoms with Gasteiger partial charge < -0.3 is 19.5 Å². The number of amides is 1. The second-order valence-corrected chi connectivity index (χ2v) is 6.93. The third kappa shape index (κ3) is 3.66. The second-order valence-electron chi connectivity index (χ2n) is 6.93. The molecule has 2 saturated heterocycles. The fourth-order valence-corrected chi connectivity index (χ4v) is 3.81. The number of nitrogens with zero attached hydrogens (tertiary/aromatic N) is 4. The highest BCUT2D eigenvalue weighted by Crippen LogP contribution is 2.27. The van der Waals surface area contributed by atoms with Crippen molar-refractivity contribution in [3.05, 3.63) is 36.5 Å². The zero-order valence-corrected chi connectivity index (χ0v) is 14.9. The molecule has 138 valence electrons.